The van der Waals surface area contributed by atoms with Gasteiger partial charge in [0, 0.05) is 66.9 Å². The van der Waals surface area contributed by atoms with Gasteiger partial charge in [-0.25, -0.2) is 9.67 Å². The van der Waals surface area contributed by atoms with Gasteiger partial charge in [-0.2, -0.15) is 10.2 Å². The fraction of sp³-hybridized carbons (Fsp3) is 0.407. The highest BCUT2D eigenvalue weighted by atomic mass is 16.5. The maximum atomic E-state index is 12.7. The summed E-state index contributed by atoms with van der Waals surface area (Å²) < 4.78 is 9.52. The van der Waals surface area contributed by atoms with Crippen molar-refractivity contribution in [1.29, 1.82) is 0 Å². The van der Waals surface area contributed by atoms with Crippen LogP contribution in [0.4, 0.5) is 5.69 Å². The summed E-state index contributed by atoms with van der Waals surface area (Å²) >= 11 is 0. The zero-order valence-electron chi connectivity index (χ0n) is 20.6. The van der Waals surface area contributed by atoms with Gasteiger partial charge in [-0.15, -0.1) is 0 Å². The number of piperidine rings is 1. The van der Waals surface area contributed by atoms with Crippen LogP contribution in [-0.2, 0) is 11.8 Å². The Morgan fingerprint density at radius 2 is 1.92 bits per heavy atom. The predicted octanol–water partition coefficient (Wildman–Crippen LogP) is 4.29. The van der Waals surface area contributed by atoms with Gasteiger partial charge in [0.1, 0.15) is 11.9 Å². The minimum absolute atomic E-state index is 0.0549. The van der Waals surface area contributed by atoms with Gasteiger partial charge in [-0.05, 0) is 62.8 Å². The van der Waals surface area contributed by atoms with E-state index in [2.05, 4.69) is 27.2 Å². The number of hydrogen-bond donors (Lipinski definition) is 1. The number of carbonyl (C=O) groups is 1. The van der Waals surface area contributed by atoms with E-state index in [4.69, 9.17) is 15.5 Å². The molecule has 4 aromatic rings. The standard InChI is InChI=1S/C27H31N7O2/c1-32-16-18-13-21(24(14-23(18)31-32)33-10-4-2-5-11-33)20-8-9-22(30-26(20)27(28)35)19-15-29-34(17-19)25-7-3-6-12-36-25/h8-9,13-17,25H,2-7,10-12H2,1H3,(H2,28,35). The maximum absolute atomic E-state index is 12.7. The van der Waals surface area contributed by atoms with Crippen LogP contribution in [0.5, 0.6) is 0 Å². The highest BCUT2D eigenvalue weighted by Gasteiger charge is 2.23. The lowest BCUT2D eigenvalue weighted by atomic mass is 9.97. The van der Waals surface area contributed by atoms with Crippen molar-refractivity contribution in [3.63, 3.8) is 0 Å². The van der Waals surface area contributed by atoms with Crippen molar-refractivity contribution >= 4 is 22.5 Å². The zero-order valence-corrected chi connectivity index (χ0v) is 20.6. The summed E-state index contributed by atoms with van der Waals surface area (Å²) in [5, 5.41) is 10.1. The molecule has 0 radical (unpaired) electrons. The maximum Gasteiger partial charge on any atom is 0.267 e. The van der Waals surface area contributed by atoms with Crippen molar-refractivity contribution in [2.45, 2.75) is 44.8 Å². The molecule has 2 fully saturated rings. The predicted molar refractivity (Wildman–Crippen MR) is 139 cm³/mol. The van der Waals surface area contributed by atoms with Crippen LogP contribution in [0.2, 0.25) is 0 Å². The van der Waals surface area contributed by atoms with E-state index in [1.54, 1.807) is 6.20 Å². The average molecular weight is 486 g/mol. The lowest BCUT2D eigenvalue weighted by molar-refractivity contribution is -0.0394. The van der Waals surface area contributed by atoms with E-state index in [9.17, 15) is 4.79 Å². The molecular weight excluding hydrogens is 454 g/mol. The van der Waals surface area contributed by atoms with Gasteiger partial charge >= 0.3 is 0 Å². The molecular formula is C27H31N7O2. The van der Waals surface area contributed by atoms with Gasteiger partial charge in [0.15, 0.2) is 0 Å². The molecule has 2 aliphatic rings. The van der Waals surface area contributed by atoms with Crippen LogP contribution in [-0.4, -0.2) is 50.1 Å². The first-order valence-electron chi connectivity index (χ1n) is 12.8. The lowest BCUT2D eigenvalue weighted by Gasteiger charge is -2.31. The van der Waals surface area contributed by atoms with Gasteiger partial charge in [0.05, 0.1) is 17.4 Å². The van der Waals surface area contributed by atoms with E-state index in [0.717, 1.165) is 85.1 Å². The number of rotatable bonds is 5. The molecule has 9 nitrogen and oxygen atoms in total. The monoisotopic (exact) mass is 485 g/mol. The average Bonchev–Trinajstić information content (AvgIpc) is 3.54. The molecule has 9 heteroatoms. The fourth-order valence-corrected chi connectivity index (χ4v) is 5.38. The van der Waals surface area contributed by atoms with Crippen LogP contribution < -0.4 is 10.6 Å². The number of aryl methyl sites for hydroxylation is 1. The second-order valence-electron chi connectivity index (χ2n) is 9.77. The topological polar surface area (TPSA) is 104 Å². The Balaban J connectivity index is 1.43. The minimum atomic E-state index is -0.550. The number of primary amides is 1. The molecule has 1 amide bonds. The molecule has 1 atom stereocenters. The van der Waals surface area contributed by atoms with Crippen LogP contribution in [0, 0.1) is 0 Å². The number of hydrogen-bond acceptors (Lipinski definition) is 6. The Labute approximate surface area is 209 Å². The van der Waals surface area contributed by atoms with E-state index in [0.29, 0.717) is 5.69 Å². The third kappa shape index (κ3) is 4.24. The number of benzene rings is 1. The summed E-state index contributed by atoms with van der Waals surface area (Å²) in [5.74, 6) is -0.550. The number of ether oxygens (including phenoxy) is 1. The van der Waals surface area contributed by atoms with Crippen molar-refractivity contribution in [2.75, 3.05) is 24.6 Å². The van der Waals surface area contributed by atoms with E-state index in [1.165, 1.54) is 6.42 Å². The molecule has 1 aromatic carbocycles. The third-order valence-corrected chi connectivity index (χ3v) is 7.20. The fourth-order valence-electron chi connectivity index (χ4n) is 5.38. The smallest absolute Gasteiger partial charge is 0.267 e. The van der Waals surface area contributed by atoms with E-state index in [1.807, 2.05) is 40.9 Å². The Kier molecular flexibility index (Phi) is 5.92. The number of carbonyl (C=O) groups excluding carboxylic acids is 1. The summed E-state index contributed by atoms with van der Waals surface area (Å²) in [6.45, 7) is 2.70. The Morgan fingerprint density at radius 3 is 2.69 bits per heavy atom. The summed E-state index contributed by atoms with van der Waals surface area (Å²) in [4.78, 5) is 19.8. The number of fused-ring (bicyclic) bond motifs is 1. The number of pyridine rings is 1. The molecule has 2 N–H and O–H groups in total. The number of nitrogens with two attached hydrogens (primary N) is 1. The van der Waals surface area contributed by atoms with E-state index < -0.39 is 5.91 Å². The number of aromatic nitrogens is 5. The molecule has 36 heavy (non-hydrogen) atoms. The molecule has 0 saturated carbocycles. The summed E-state index contributed by atoms with van der Waals surface area (Å²) in [6, 6.07) is 8.14. The molecule has 3 aromatic heterocycles. The van der Waals surface area contributed by atoms with Crippen LogP contribution in [0.1, 0.15) is 55.2 Å². The molecule has 6 rings (SSSR count). The first kappa shape index (κ1) is 22.7. The van der Waals surface area contributed by atoms with Crippen molar-refractivity contribution in [3.05, 3.63) is 48.5 Å². The SMILES string of the molecule is Cn1cc2cc(-c3ccc(-c4cnn(C5CCCCO5)c4)nc3C(N)=O)c(N3CCCCC3)cc2n1. The molecule has 2 aliphatic heterocycles. The molecule has 0 aliphatic carbocycles. The zero-order chi connectivity index (χ0) is 24.6. The Hall–Kier alpha value is -3.72. The van der Waals surface area contributed by atoms with Gasteiger partial charge < -0.3 is 15.4 Å². The van der Waals surface area contributed by atoms with Gasteiger partial charge in [0.2, 0.25) is 0 Å². The lowest BCUT2D eigenvalue weighted by Crippen LogP contribution is -2.30. The van der Waals surface area contributed by atoms with Crippen molar-refractivity contribution in [2.24, 2.45) is 12.8 Å². The van der Waals surface area contributed by atoms with E-state index >= 15 is 0 Å². The summed E-state index contributed by atoms with van der Waals surface area (Å²) in [7, 11) is 1.92. The van der Waals surface area contributed by atoms with E-state index in [-0.39, 0.29) is 11.9 Å². The van der Waals surface area contributed by atoms with Crippen molar-refractivity contribution in [1.82, 2.24) is 24.5 Å². The molecule has 1 unspecified atom stereocenters. The van der Waals surface area contributed by atoms with Crippen LogP contribution >= 0.6 is 0 Å². The van der Waals surface area contributed by atoms with Crippen LogP contribution in [0.3, 0.4) is 0 Å². The Morgan fingerprint density at radius 1 is 1.06 bits per heavy atom. The first-order valence-corrected chi connectivity index (χ1v) is 12.8. The molecule has 2 saturated heterocycles. The van der Waals surface area contributed by atoms with Gasteiger partial charge in [-0.3, -0.25) is 9.48 Å². The highest BCUT2D eigenvalue weighted by Crippen LogP contribution is 2.38. The highest BCUT2D eigenvalue weighted by molar-refractivity contribution is 6.02. The normalized spacial score (nSPS) is 18.6. The van der Waals surface area contributed by atoms with Crippen LogP contribution in [0.15, 0.2) is 42.9 Å². The quantitative estimate of drug-likeness (QED) is 0.452. The largest absolute Gasteiger partial charge is 0.371 e. The second kappa shape index (κ2) is 9.39. The van der Waals surface area contributed by atoms with Crippen molar-refractivity contribution in [3.8, 4) is 22.4 Å². The number of amides is 1. The van der Waals surface area contributed by atoms with Gasteiger partial charge in [0.25, 0.3) is 5.91 Å². The Bertz CT molecular complexity index is 1410. The molecule has 5 heterocycles. The van der Waals surface area contributed by atoms with Crippen LogP contribution in [0.25, 0.3) is 33.3 Å². The van der Waals surface area contributed by atoms with Crippen molar-refractivity contribution < 1.29 is 9.53 Å². The van der Waals surface area contributed by atoms with Gasteiger partial charge in [-0.1, -0.05) is 0 Å². The first-order chi connectivity index (χ1) is 17.6. The number of nitrogens with zero attached hydrogens (tertiary/aromatic N) is 6. The minimum Gasteiger partial charge on any atom is -0.371 e. The third-order valence-electron chi connectivity index (χ3n) is 7.20. The molecule has 0 spiro atoms. The molecule has 0 bridgehead atoms. The number of anilines is 1. The second-order valence-corrected chi connectivity index (χ2v) is 9.77. The molecule has 186 valence electrons. The summed E-state index contributed by atoms with van der Waals surface area (Å²) in [6.07, 6.45) is 12.3. The summed E-state index contributed by atoms with van der Waals surface area (Å²) in [5.41, 5.74) is 11.3.